The van der Waals surface area contributed by atoms with Gasteiger partial charge in [0.2, 0.25) is 70.9 Å². The lowest BCUT2D eigenvalue weighted by Crippen LogP contribution is -2.60. The predicted molar refractivity (Wildman–Crippen MR) is 363 cm³/mol. The Morgan fingerprint density at radius 1 is 0.505 bits per heavy atom. The number of ether oxygens (including phenoxy) is 2. The van der Waals surface area contributed by atoms with Crippen molar-refractivity contribution in [2.75, 3.05) is 64.6 Å². The number of ketones is 1. The summed E-state index contributed by atoms with van der Waals surface area (Å²) in [4.78, 5) is 235. The number of nitrogens with zero attached hydrogens (tertiary/aromatic N) is 1. The number of thioether (sulfide) groups is 1. The maximum absolute atomic E-state index is 14.3. The van der Waals surface area contributed by atoms with Crippen LogP contribution in [0.25, 0.3) is 0 Å². The summed E-state index contributed by atoms with van der Waals surface area (Å²) in [6.07, 6.45) is -5.47. The van der Waals surface area contributed by atoms with Crippen LogP contribution in [0.2, 0.25) is 0 Å². The van der Waals surface area contributed by atoms with Crippen LogP contribution in [0.15, 0.2) is 24.3 Å². The van der Waals surface area contributed by atoms with Crippen molar-refractivity contribution in [2.45, 2.75) is 185 Å². The third-order valence-electron chi connectivity index (χ3n) is 15.2. The average molecular weight is 1480 g/mol. The number of aliphatic carboxylic acids is 5. The van der Waals surface area contributed by atoms with E-state index in [4.69, 9.17) is 15.2 Å². The summed E-state index contributed by atoms with van der Waals surface area (Å²) in [5.74, 6) is -19.0. The van der Waals surface area contributed by atoms with Crippen LogP contribution >= 0.6 is 11.8 Å². The Morgan fingerprint density at radius 3 is 1.34 bits per heavy atom. The number of hydrogen-bond acceptors (Lipinski definition) is 22. The molecule has 0 aliphatic carbocycles. The van der Waals surface area contributed by atoms with Gasteiger partial charge in [0.25, 0.3) is 0 Å². The van der Waals surface area contributed by atoms with Crippen molar-refractivity contribution < 1.29 is 121 Å². The van der Waals surface area contributed by atoms with Gasteiger partial charge in [0.05, 0.1) is 19.8 Å². The van der Waals surface area contributed by atoms with Gasteiger partial charge in [-0.15, -0.1) is 0 Å². The molecule has 38 nitrogen and oxygen atoms in total. The highest BCUT2D eigenvalue weighted by molar-refractivity contribution is 7.98. The zero-order valence-electron chi connectivity index (χ0n) is 58.3. The topological polar surface area (TPSA) is 588 Å². The van der Waals surface area contributed by atoms with Gasteiger partial charge in [0.1, 0.15) is 67.6 Å². The first-order valence-corrected chi connectivity index (χ1v) is 34.5. The highest BCUT2D eigenvalue weighted by atomic mass is 32.2. The third kappa shape index (κ3) is 36.0. The Labute approximate surface area is 597 Å². The molecule has 0 radical (unpaired) electrons. The van der Waals surface area contributed by atoms with E-state index in [1.54, 1.807) is 20.1 Å². The summed E-state index contributed by atoms with van der Waals surface area (Å²) in [7, 11) is 0. The molecule has 1 fully saturated rings. The van der Waals surface area contributed by atoms with Crippen molar-refractivity contribution in [1.29, 1.82) is 0 Å². The molecule has 39 heteroatoms. The smallest absolute Gasteiger partial charge is 0.303 e. The molecule has 1 heterocycles. The lowest BCUT2D eigenvalue weighted by molar-refractivity contribution is -0.142. The third-order valence-corrected chi connectivity index (χ3v) is 15.8. The molecular formula is C64H97N13O25S. The number of hydrogen-bond donors (Lipinski definition) is 17. The van der Waals surface area contributed by atoms with Crippen molar-refractivity contribution in [2.24, 2.45) is 11.7 Å². The largest absolute Gasteiger partial charge is 0.481 e. The molecule has 1 unspecified atom stereocenters. The molecule has 9 atom stereocenters. The van der Waals surface area contributed by atoms with Crippen LogP contribution in [-0.2, 0) is 97.4 Å². The number of carbonyl (C=O) groups is 18. The number of nitrogens with two attached hydrogens (primary N) is 1. The van der Waals surface area contributed by atoms with Crippen LogP contribution in [-0.4, -0.2) is 262 Å². The fraction of sp³-hybridized carbons (Fsp3) is 0.625. The second kappa shape index (κ2) is 47.3. The molecular weight excluding hydrogens is 1380 g/mol. The Hall–Kier alpha value is -9.89. The predicted octanol–water partition coefficient (Wildman–Crippen LogP) is -4.22. The summed E-state index contributed by atoms with van der Waals surface area (Å²) < 4.78 is 10.6. The molecule has 574 valence electrons. The first-order valence-electron chi connectivity index (χ1n) is 33.1. The van der Waals surface area contributed by atoms with Crippen LogP contribution in [0.4, 0.5) is 0 Å². The Bertz CT molecular complexity index is 3140. The number of benzene rings is 1. The van der Waals surface area contributed by atoms with Gasteiger partial charge < -0.3 is 104 Å². The average Bonchev–Trinajstić information content (AvgIpc) is 1.77. The van der Waals surface area contributed by atoms with Gasteiger partial charge in [-0.05, 0) is 89.9 Å². The van der Waals surface area contributed by atoms with E-state index in [2.05, 4.69) is 58.5 Å². The zero-order valence-corrected chi connectivity index (χ0v) is 59.1. The van der Waals surface area contributed by atoms with Gasteiger partial charge in [-0.3, -0.25) is 86.3 Å². The first-order chi connectivity index (χ1) is 48.5. The van der Waals surface area contributed by atoms with Crippen molar-refractivity contribution in [3.8, 4) is 0 Å². The normalized spacial score (nSPS) is 14.8. The molecule has 1 aliphatic heterocycles. The van der Waals surface area contributed by atoms with E-state index in [0.717, 1.165) is 0 Å². The molecule has 1 saturated heterocycles. The second-order valence-corrected chi connectivity index (χ2v) is 25.5. The van der Waals surface area contributed by atoms with E-state index in [1.165, 1.54) is 47.9 Å². The van der Waals surface area contributed by atoms with E-state index < -0.39 is 239 Å². The fourth-order valence-corrected chi connectivity index (χ4v) is 10.6. The summed E-state index contributed by atoms with van der Waals surface area (Å²) >= 11 is 1.33. The number of nitrogens with one attached hydrogen (secondary N) is 11. The number of carboxylic acids is 5. The molecule has 0 saturated carbocycles. The first kappa shape index (κ1) is 89.2. The summed E-state index contributed by atoms with van der Waals surface area (Å²) in [5, 5.41) is 74.3. The quantitative estimate of drug-likeness (QED) is 0.0217. The van der Waals surface area contributed by atoms with E-state index in [-0.39, 0.29) is 81.2 Å². The van der Waals surface area contributed by atoms with Gasteiger partial charge in [-0.25, -0.2) is 0 Å². The summed E-state index contributed by atoms with van der Waals surface area (Å²) in [5.41, 5.74) is 5.99. The highest BCUT2D eigenvalue weighted by Gasteiger charge is 2.38. The van der Waals surface area contributed by atoms with Crippen LogP contribution in [0.5, 0.6) is 0 Å². The fourth-order valence-electron chi connectivity index (χ4n) is 10.0. The second-order valence-electron chi connectivity index (χ2n) is 24.6. The van der Waals surface area contributed by atoms with E-state index in [9.17, 15) is 112 Å². The molecule has 0 bridgehead atoms. The van der Waals surface area contributed by atoms with Crippen LogP contribution in [0.1, 0.15) is 134 Å². The Kier molecular flexibility index (Phi) is 41.0. The minimum absolute atomic E-state index is 0.00921. The molecule has 1 aromatic rings. The summed E-state index contributed by atoms with van der Waals surface area (Å²) in [6, 6.07) is -8.44. The number of likely N-dealkylation sites (tertiary alicyclic amines) is 1. The molecule has 103 heavy (non-hydrogen) atoms. The van der Waals surface area contributed by atoms with Gasteiger partial charge in [0.15, 0.2) is 5.78 Å². The summed E-state index contributed by atoms with van der Waals surface area (Å²) in [6.45, 7) is 6.12. The molecule has 18 N–H and O–H groups in total. The molecule has 12 amide bonds. The van der Waals surface area contributed by atoms with Crippen LogP contribution in [0.3, 0.4) is 0 Å². The lowest BCUT2D eigenvalue weighted by atomic mass is 10.0. The van der Waals surface area contributed by atoms with Crippen LogP contribution in [0, 0.1) is 5.92 Å². The van der Waals surface area contributed by atoms with Crippen molar-refractivity contribution in [3.05, 3.63) is 35.4 Å². The van der Waals surface area contributed by atoms with E-state index in [1.807, 2.05) is 13.8 Å². The SMILES string of the molecule is CSC[C@H](NC(=O)CNC(=O)[C@H](CC(C)C)NC(=O)C1CCCN1C(=O)COCCNC(=O)[C@H](Cc1ccc(C(C)=O)cc1)NC(=O)[C@@H](CCC(=O)O)NC(=O)[C@@H](CCC(=O)O)NC(=O)[C@@H](CCC(=O)O)NC(=O)[C@@H](CCC(=O)O)NC(=O)[C@@H](CCC(=O)O)NC(=O)COCCN)C(=O)NC(C)C. The van der Waals surface area contributed by atoms with E-state index in [0.29, 0.717) is 12.0 Å². The maximum Gasteiger partial charge on any atom is 0.303 e. The highest BCUT2D eigenvalue weighted by Crippen LogP contribution is 2.19. The number of carbonyl (C=O) groups excluding carboxylic acids is 13. The van der Waals surface area contributed by atoms with Crippen molar-refractivity contribution in [3.63, 3.8) is 0 Å². The van der Waals surface area contributed by atoms with E-state index >= 15 is 0 Å². The molecule has 1 aromatic carbocycles. The standard InChI is InChI=1S/C64H97N13O25S/c1-34(2)28-44(57(93)67-30-48(79)70-46(33-103-6)63(99)68-35(3)4)76-64(100)47-8-7-25-77(47)50(81)32-102-27-24-66-56(92)45(29-37-9-11-38(12-10-37)36(5)78)75-62(98)43(17-22-55(90)91)74-61(97)42(16-21-54(88)89)73-60(96)41(15-20-53(86)87)72-59(95)40(14-19-52(84)85)71-58(94)39(13-18-51(82)83)69-49(80)31-101-26-23-65/h9-12,34-35,39-47H,7-8,13-33,65H2,1-6H3,(H,66,92)(H,67,93)(H,68,99)(H,69,80)(H,70,79)(H,71,94)(H,72,95)(H,73,96)(H,74,97)(H,75,98)(H,76,100)(H,82,83)(H,84,85)(H,86,87)(H,88,89)(H,90,91)/t39-,40-,41-,42-,43-,44+,45+,46+,47?/m1/s1. The van der Waals surface area contributed by atoms with Gasteiger partial charge in [0, 0.05) is 75.5 Å². The number of carboxylic acid groups (broad SMARTS) is 5. The van der Waals surface area contributed by atoms with Gasteiger partial charge >= 0.3 is 29.8 Å². The van der Waals surface area contributed by atoms with Crippen molar-refractivity contribution >= 4 is 118 Å². The van der Waals surface area contributed by atoms with Crippen molar-refractivity contribution in [1.82, 2.24) is 63.4 Å². The van der Waals surface area contributed by atoms with Gasteiger partial charge in [-0.2, -0.15) is 11.8 Å². The minimum atomic E-state index is -1.99. The number of amides is 12. The lowest BCUT2D eigenvalue weighted by Gasteiger charge is -2.27. The van der Waals surface area contributed by atoms with Gasteiger partial charge in [-0.1, -0.05) is 38.1 Å². The monoisotopic (exact) mass is 1480 g/mol. The number of Topliss-reactive ketones (excluding diaryl/α,β-unsaturated/α-hetero) is 1. The number of rotatable bonds is 51. The molecule has 1 aliphatic rings. The molecule has 0 spiro atoms. The Balaban J connectivity index is 2.37. The van der Waals surface area contributed by atoms with Crippen LogP contribution < -0.4 is 64.2 Å². The minimum Gasteiger partial charge on any atom is -0.481 e. The Morgan fingerprint density at radius 2 is 0.922 bits per heavy atom. The molecule has 0 aromatic heterocycles. The zero-order chi connectivity index (χ0) is 77.5. The molecule has 2 rings (SSSR count). The maximum atomic E-state index is 14.3.